The zero-order valence-electron chi connectivity index (χ0n) is 8.06. The normalized spacial score (nSPS) is 10.2. The van der Waals surface area contributed by atoms with Gasteiger partial charge >= 0.3 is 0 Å². The Kier molecular flexibility index (Phi) is 2.13. The number of aryl methyl sites for hydroxylation is 1. The van der Waals surface area contributed by atoms with Crippen LogP contribution in [0.4, 0.5) is 17.2 Å². The largest absolute Gasteiger partial charge is 0.391 e. The van der Waals surface area contributed by atoms with Crippen LogP contribution >= 0.6 is 0 Å². The van der Waals surface area contributed by atoms with Crippen molar-refractivity contribution in [2.75, 3.05) is 11.1 Å². The van der Waals surface area contributed by atoms with Crippen molar-refractivity contribution in [3.8, 4) is 0 Å². The first-order valence-electron chi connectivity index (χ1n) is 4.25. The number of nitrogens with two attached hydrogens (primary N) is 1. The SMILES string of the molecule is Cn1cc(Nc2nc[nH]c(=O)c2N)cn1. The average molecular weight is 206 g/mol. The van der Waals surface area contributed by atoms with Crippen LogP contribution in [0.2, 0.25) is 0 Å². The highest BCUT2D eigenvalue weighted by atomic mass is 16.1. The van der Waals surface area contributed by atoms with Crippen LogP contribution in [0.1, 0.15) is 0 Å². The molecule has 0 saturated heterocycles. The van der Waals surface area contributed by atoms with Crippen molar-refractivity contribution in [1.82, 2.24) is 19.7 Å². The second-order valence-corrected chi connectivity index (χ2v) is 3.02. The van der Waals surface area contributed by atoms with Gasteiger partial charge in [-0.1, -0.05) is 0 Å². The number of nitrogens with one attached hydrogen (secondary N) is 2. The molecule has 7 heteroatoms. The number of hydrogen-bond donors (Lipinski definition) is 3. The van der Waals surface area contributed by atoms with E-state index in [1.807, 2.05) is 0 Å². The molecule has 0 aromatic carbocycles. The lowest BCUT2D eigenvalue weighted by Gasteiger charge is -2.03. The van der Waals surface area contributed by atoms with Crippen LogP contribution in [-0.4, -0.2) is 19.7 Å². The Bertz CT molecular complexity index is 528. The molecule has 4 N–H and O–H groups in total. The zero-order valence-corrected chi connectivity index (χ0v) is 8.06. The van der Waals surface area contributed by atoms with Crippen molar-refractivity contribution >= 4 is 17.2 Å². The molecular weight excluding hydrogens is 196 g/mol. The third-order valence-corrected chi connectivity index (χ3v) is 1.86. The zero-order chi connectivity index (χ0) is 10.8. The molecule has 15 heavy (non-hydrogen) atoms. The van der Waals surface area contributed by atoms with Gasteiger partial charge in [-0.05, 0) is 0 Å². The van der Waals surface area contributed by atoms with Gasteiger partial charge in [0.05, 0.1) is 18.2 Å². The Morgan fingerprint density at radius 1 is 1.60 bits per heavy atom. The Morgan fingerprint density at radius 3 is 3.07 bits per heavy atom. The maximum atomic E-state index is 11.2. The highest BCUT2D eigenvalue weighted by Crippen LogP contribution is 2.15. The number of nitrogens with zero attached hydrogens (tertiary/aromatic N) is 3. The highest BCUT2D eigenvalue weighted by molar-refractivity contribution is 5.66. The molecule has 2 aromatic heterocycles. The Morgan fingerprint density at radius 2 is 2.40 bits per heavy atom. The summed E-state index contributed by atoms with van der Waals surface area (Å²) in [5.74, 6) is 0.326. The number of aromatic nitrogens is 4. The van der Waals surface area contributed by atoms with Gasteiger partial charge in [-0.15, -0.1) is 0 Å². The van der Waals surface area contributed by atoms with Gasteiger partial charge in [0.2, 0.25) is 0 Å². The number of rotatable bonds is 2. The number of nitrogen functional groups attached to an aromatic ring is 1. The summed E-state index contributed by atoms with van der Waals surface area (Å²) in [5.41, 5.74) is 5.96. The summed E-state index contributed by atoms with van der Waals surface area (Å²) in [4.78, 5) is 17.4. The monoisotopic (exact) mass is 206 g/mol. The molecule has 0 bridgehead atoms. The maximum Gasteiger partial charge on any atom is 0.276 e. The lowest BCUT2D eigenvalue weighted by molar-refractivity contribution is 0.768. The summed E-state index contributed by atoms with van der Waals surface area (Å²) in [6.45, 7) is 0. The molecular formula is C8H10N6O. The van der Waals surface area contributed by atoms with Crippen molar-refractivity contribution in [2.24, 2.45) is 7.05 Å². The second-order valence-electron chi connectivity index (χ2n) is 3.02. The van der Waals surface area contributed by atoms with Crippen LogP contribution in [0.3, 0.4) is 0 Å². The molecule has 2 heterocycles. The molecule has 0 fully saturated rings. The van der Waals surface area contributed by atoms with E-state index < -0.39 is 0 Å². The summed E-state index contributed by atoms with van der Waals surface area (Å²) in [6.07, 6.45) is 4.65. The first-order valence-corrected chi connectivity index (χ1v) is 4.25. The fourth-order valence-corrected chi connectivity index (χ4v) is 1.13. The highest BCUT2D eigenvalue weighted by Gasteiger charge is 2.05. The van der Waals surface area contributed by atoms with E-state index in [1.54, 1.807) is 24.1 Å². The molecule has 78 valence electrons. The van der Waals surface area contributed by atoms with Gasteiger partial charge in [-0.2, -0.15) is 5.10 Å². The lowest BCUT2D eigenvalue weighted by Crippen LogP contribution is -2.14. The van der Waals surface area contributed by atoms with Crippen molar-refractivity contribution in [1.29, 1.82) is 0 Å². The fourth-order valence-electron chi connectivity index (χ4n) is 1.13. The molecule has 0 aliphatic heterocycles. The topological polar surface area (TPSA) is 102 Å². The van der Waals surface area contributed by atoms with E-state index in [9.17, 15) is 4.79 Å². The summed E-state index contributed by atoms with van der Waals surface area (Å²) in [5, 5.41) is 6.86. The summed E-state index contributed by atoms with van der Waals surface area (Å²) in [6, 6.07) is 0. The molecule has 0 radical (unpaired) electrons. The van der Waals surface area contributed by atoms with E-state index in [2.05, 4.69) is 20.4 Å². The second kappa shape index (κ2) is 3.45. The van der Waals surface area contributed by atoms with Crippen LogP contribution in [0.5, 0.6) is 0 Å². The molecule has 0 aliphatic rings. The van der Waals surface area contributed by atoms with E-state index in [0.29, 0.717) is 5.82 Å². The Labute approximate surface area is 85.0 Å². The number of H-pyrrole nitrogens is 1. The van der Waals surface area contributed by atoms with Gasteiger partial charge in [0.1, 0.15) is 5.69 Å². The summed E-state index contributed by atoms with van der Waals surface area (Å²) in [7, 11) is 1.79. The van der Waals surface area contributed by atoms with E-state index in [1.165, 1.54) is 6.33 Å². The van der Waals surface area contributed by atoms with Crippen molar-refractivity contribution < 1.29 is 0 Å². The van der Waals surface area contributed by atoms with Crippen molar-refractivity contribution in [3.05, 3.63) is 29.1 Å². The minimum absolute atomic E-state index is 0.0568. The van der Waals surface area contributed by atoms with Gasteiger partial charge in [-0.3, -0.25) is 9.48 Å². The van der Waals surface area contributed by atoms with Crippen molar-refractivity contribution in [2.45, 2.75) is 0 Å². The lowest BCUT2D eigenvalue weighted by atomic mass is 10.4. The molecule has 7 nitrogen and oxygen atoms in total. The number of hydrogen-bond acceptors (Lipinski definition) is 5. The molecule has 2 rings (SSSR count). The fraction of sp³-hybridized carbons (Fsp3) is 0.125. The molecule has 0 aliphatic carbocycles. The summed E-state index contributed by atoms with van der Waals surface area (Å²) < 4.78 is 1.63. The number of anilines is 3. The van der Waals surface area contributed by atoms with Crippen LogP contribution in [0.25, 0.3) is 0 Å². The Hall–Kier alpha value is -2.31. The van der Waals surface area contributed by atoms with Crippen LogP contribution in [0.15, 0.2) is 23.5 Å². The van der Waals surface area contributed by atoms with E-state index in [0.717, 1.165) is 5.69 Å². The van der Waals surface area contributed by atoms with Crippen LogP contribution < -0.4 is 16.6 Å². The van der Waals surface area contributed by atoms with Crippen LogP contribution in [0, 0.1) is 0 Å². The first-order chi connectivity index (χ1) is 7.16. The van der Waals surface area contributed by atoms with E-state index in [4.69, 9.17) is 5.73 Å². The van der Waals surface area contributed by atoms with E-state index >= 15 is 0 Å². The molecule has 0 amide bonds. The third-order valence-electron chi connectivity index (χ3n) is 1.86. The van der Waals surface area contributed by atoms with Crippen molar-refractivity contribution in [3.63, 3.8) is 0 Å². The smallest absolute Gasteiger partial charge is 0.276 e. The standard InChI is InChI=1S/C8H10N6O/c1-14-3-5(2-12-14)13-7-6(9)8(15)11-4-10-7/h2-4H,9H2,1H3,(H2,10,11,13,15). The molecule has 0 atom stereocenters. The molecule has 2 aromatic rings. The number of aromatic amines is 1. The third kappa shape index (κ3) is 1.80. The predicted molar refractivity (Wildman–Crippen MR) is 55.8 cm³/mol. The van der Waals surface area contributed by atoms with Gasteiger partial charge in [-0.25, -0.2) is 4.98 Å². The predicted octanol–water partition coefficient (Wildman–Crippen LogP) is -0.171. The molecule has 0 unspecified atom stereocenters. The van der Waals surface area contributed by atoms with Gasteiger partial charge in [0, 0.05) is 13.2 Å². The van der Waals surface area contributed by atoms with Gasteiger partial charge in [0.25, 0.3) is 5.56 Å². The molecule has 0 spiro atoms. The van der Waals surface area contributed by atoms with Crippen LogP contribution in [-0.2, 0) is 7.05 Å². The minimum atomic E-state index is -0.364. The van der Waals surface area contributed by atoms with E-state index in [-0.39, 0.29) is 11.2 Å². The average Bonchev–Trinajstić information content (AvgIpc) is 2.59. The maximum absolute atomic E-state index is 11.2. The Balaban J connectivity index is 2.32. The first kappa shape index (κ1) is 9.25. The minimum Gasteiger partial charge on any atom is -0.391 e. The van der Waals surface area contributed by atoms with Gasteiger partial charge in [0.15, 0.2) is 5.82 Å². The quantitative estimate of drug-likeness (QED) is 0.633. The summed E-state index contributed by atoms with van der Waals surface area (Å²) >= 11 is 0. The van der Waals surface area contributed by atoms with Gasteiger partial charge < -0.3 is 16.0 Å². The molecule has 0 saturated carbocycles.